The molecule has 2 rings (SSSR count). The molecule has 6 nitrogen and oxygen atoms in total. The molecule has 6 heteroatoms. The molecule has 1 aliphatic rings. The van der Waals surface area contributed by atoms with Crippen LogP contribution in [0.5, 0.6) is 0 Å². The third kappa shape index (κ3) is 3.75. The van der Waals surface area contributed by atoms with Gasteiger partial charge in [0, 0.05) is 26.2 Å². The van der Waals surface area contributed by atoms with E-state index in [0.717, 1.165) is 12.2 Å². The topological polar surface area (TPSA) is 79.8 Å². The van der Waals surface area contributed by atoms with Crippen LogP contribution in [0.25, 0.3) is 0 Å². The van der Waals surface area contributed by atoms with E-state index in [4.69, 9.17) is 10.2 Å². The number of nitrogens with two attached hydrogens (primary N) is 1. The summed E-state index contributed by atoms with van der Waals surface area (Å²) in [5.41, 5.74) is 5.91. The van der Waals surface area contributed by atoms with Gasteiger partial charge in [0.05, 0.1) is 11.1 Å². The summed E-state index contributed by atoms with van der Waals surface area (Å²) >= 11 is 0. The largest absolute Gasteiger partial charge is 0.466 e. The van der Waals surface area contributed by atoms with Gasteiger partial charge in [0.1, 0.15) is 11.5 Å². The third-order valence-corrected chi connectivity index (χ3v) is 4.38. The summed E-state index contributed by atoms with van der Waals surface area (Å²) < 4.78 is 5.43. The molecule has 0 aromatic carbocycles. The molecule has 23 heavy (non-hydrogen) atoms. The molecule has 128 valence electrons. The van der Waals surface area contributed by atoms with Crippen molar-refractivity contribution >= 4 is 11.8 Å². The minimum atomic E-state index is -0.820. The minimum absolute atomic E-state index is 0.0261. The molecular formula is C17H27N3O3. The maximum absolute atomic E-state index is 12.5. The summed E-state index contributed by atoms with van der Waals surface area (Å²) in [4.78, 5) is 28.6. The van der Waals surface area contributed by atoms with Crippen molar-refractivity contribution < 1.29 is 14.0 Å². The number of carbonyl (C=O) groups is 2. The van der Waals surface area contributed by atoms with Gasteiger partial charge in [0.15, 0.2) is 0 Å². The first-order valence-corrected chi connectivity index (χ1v) is 8.21. The molecule has 2 amide bonds. The highest BCUT2D eigenvalue weighted by atomic mass is 16.3. The van der Waals surface area contributed by atoms with Crippen LogP contribution in [0.1, 0.15) is 48.6 Å². The van der Waals surface area contributed by atoms with E-state index in [-0.39, 0.29) is 11.8 Å². The van der Waals surface area contributed by atoms with Crippen LogP contribution in [-0.4, -0.2) is 53.3 Å². The number of rotatable bonds is 4. The first-order valence-electron chi connectivity index (χ1n) is 8.21. The molecule has 0 radical (unpaired) electrons. The zero-order valence-corrected chi connectivity index (χ0v) is 14.5. The minimum Gasteiger partial charge on any atom is -0.466 e. The van der Waals surface area contributed by atoms with Crippen molar-refractivity contribution in [2.45, 2.75) is 46.1 Å². The van der Waals surface area contributed by atoms with Crippen LogP contribution in [0.2, 0.25) is 0 Å². The Labute approximate surface area is 137 Å². The first-order chi connectivity index (χ1) is 10.8. The van der Waals surface area contributed by atoms with Gasteiger partial charge in [-0.2, -0.15) is 0 Å². The highest BCUT2D eigenvalue weighted by Crippen LogP contribution is 2.19. The van der Waals surface area contributed by atoms with Gasteiger partial charge in [-0.1, -0.05) is 13.3 Å². The van der Waals surface area contributed by atoms with Crippen LogP contribution >= 0.6 is 0 Å². The number of furan rings is 1. The molecule has 1 aromatic heterocycles. The van der Waals surface area contributed by atoms with Crippen molar-refractivity contribution in [1.29, 1.82) is 0 Å². The number of aryl methyl sites for hydroxylation is 2. The molecular weight excluding hydrogens is 294 g/mol. The van der Waals surface area contributed by atoms with E-state index >= 15 is 0 Å². The Morgan fingerprint density at radius 1 is 1.22 bits per heavy atom. The van der Waals surface area contributed by atoms with Crippen molar-refractivity contribution in [3.05, 3.63) is 23.2 Å². The second kappa shape index (κ2) is 6.74. The lowest BCUT2D eigenvalue weighted by atomic mass is 9.95. The molecule has 1 aromatic rings. The van der Waals surface area contributed by atoms with Crippen LogP contribution in [0.15, 0.2) is 10.5 Å². The van der Waals surface area contributed by atoms with Gasteiger partial charge in [-0.25, -0.2) is 0 Å². The van der Waals surface area contributed by atoms with Crippen molar-refractivity contribution in [3.63, 3.8) is 0 Å². The summed E-state index contributed by atoms with van der Waals surface area (Å²) in [6.07, 6.45) is 1.54. The number of piperazine rings is 1. The van der Waals surface area contributed by atoms with Crippen molar-refractivity contribution in [1.82, 2.24) is 9.80 Å². The van der Waals surface area contributed by atoms with Crippen LogP contribution in [0.4, 0.5) is 0 Å². The average molecular weight is 321 g/mol. The van der Waals surface area contributed by atoms with E-state index in [1.807, 2.05) is 13.8 Å². The predicted molar refractivity (Wildman–Crippen MR) is 88.2 cm³/mol. The van der Waals surface area contributed by atoms with E-state index in [2.05, 4.69) is 0 Å². The van der Waals surface area contributed by atoms with Gasteiger partial charge in [-0.15, -0.1) is 0 Å². The molecule has 0 bridgehead atoms. The van der Waals surface area contributed by atoms with Gasteiger partial charge in [-0.3, -0.25) is 9.59 Å². The molecule has 2 heterocycles. The second-order valence-corrected chi connectivity index (χ2v) is 6.58. The number of amides is 2. The molecule has 1 saturated heterocycles. The Morgan fingerprint density at radius 2 is 1.78 bits per heavy atom. The normalized spacial score (nSPS) is 18.0. The fourth-order valence-corrected chi connectivity index (χ4v) is 3.11. The van der Waals surface area contributed by atoms with Crippen LogP contribution in [-0.2, 0) is 4.79 Å². The van der Waals surface area contributed by atoms with E-state index in [0.29, 0.717) is 43.9 Å². The van der Waals surface area contributed by atoms with Gasteiger partial charge in [0.25, 0.3) is 5.91 Å². The van der Waals surface area contributed by atoms with Gasteiger partial charge in [-0.05, 0) is 33.3 Å². The molecule has 0 saturated carbocycles. The summed E-state index contributed by atoms with van der Waals surface area (Å²) in [7, 11) is 0. The van der Waals surface area contributed by atoms with Crippen LogP contribution < -0.4 is 5.73 Å². The van der Waals surface area contributed by atoms with Crippen molar-refractivity contribution in [2.75, 3.05) is 26.2 Å². The molecule has 1 unspecified atom stereocenters. The Kier molecular flexibility index (Phi) is 5.14. The average Bonchev–Trinajstić information content (AvgIpc) is 2.84. The number of carbonyl (C=O) groups excluding carboxylic acids is 2. The summed E-state index contributed by atoms with van der Waals surface area (Å²) in [5, 5.41) is 0. The van der Waals surface area contributed by atoms with E-state index in [1.165, 1.54) is 0 Å². The molecule has 1 atom stereocenters. The maximum Gasteiger partial charge on any atom is 0.257 e. The Morgan fingerprint density at radius 3 is 2.26 bits per heavy atom. The van der Waals surface area contributed by atoms with E-state index in [1.54, 1.807) is 29.7 Å². The molecule has 0 aliphatic carbocycles. The predicted octanol–water partition coefficient (Wildman–Crippen LogP) is 1.70. The lowest BCUT2D eigenvalue weighted by Gasteiger charge is -2.38. The Bertz CT molecular complexity index is 584. The van der Waals surface area contributed by atoms with E-state index < -0.39 is 5.54 Å². The van der Waals surface area contributed by atoms with E-state index in [9.17, 15) is 9.59 Å². The van der Waals surface area contributed by atoms with Crippen LogP contribution in [0, 0.1) is 13.8 Å². The molecule has 0 spiro atoms. The van der Waals surface area contributed by atoms with Crippen molar-refractivity contribution in [2.24, 2.45) is 5.73 Å². The summed E-state index contributed by atoms with van der Waals surface area (Å²) in [6, 6.07) is 1.77. The fourth-order valence-electron chi connectivity index (χ4n) is 3.11. The monoisotopic (exact) mass is 321 g/mol. The van der Waals surface area contributed by atoms with Gasteiger partial charge < -0.3 is 20.0 Å². The Balaban J connectivity index is 1.97. The number of nitrogens with zero attached hydrogens (tertiary/aromatic N) is 2. The summed E-state index contributed by atoms with van der Waals surface area (Å²) in [5.74, 6) is 1.32. The number of hydrogen-bond donors (Lipinski definition) is 1. The number of hydrogen-bond acceptors (Lipinski definition) is 4. The fraction of sp³-hybridized carbons (Fsp3) is 0.647. The Hall–Kier alpha value is -1.82. The van der Waals surface area contributed by atoms with Gasteiger partial charge in [0.2, 0.25) is 5.91 Å². The second-order valence-electron chi connectivity index (χ2n) is 6.58. The van der Waals surface area contributed by atoms with Gasteiger partial charge >= 0.3 is 0 Å². The molecule has 2 N–H and O–H groups in total. The standard InChI is InChI=1S/C17H27N3O3/c1-5-6-17(4,18)16(22)20-9-7-19(8-10-20)15(21)14-11-12(2)23-13(14)3/h11H,5-10,18H2,1-4H3. The summed E-state index contributed by atoms with van der Waals surface area (Å²) in [6.45, 7) is 9.53. The quantitative estimate of drug-likeness (QED) is 0.915. The highest BCUT2D eigenvalue weighted by molar-refractivity contribution is 5.95. The smallest absolute Gasteiger partial charge is 0.257 e. The third-order valence-electron chi connectivity index (χ3n) is 4.38. The maximum atomic E-state index is 12.5. The SMILES string of the molecule is CCCC(C)(N)C(=O)N1CCN(C(=O)c2cc(C)oc2C)CC1. The molecule has 1 fully saturated rings. The zero-order valence-electron chi connectivity index (χ0n) is 14.5. The van der Waals surface area contributed by atoms with Crippen LogP contribution in [0.3, 0.4) is 0 Å². The van der Waals surface area contributed by atoms with Crippen molar-refractivity contribution in [3.8, 4) is 0 Å². The molecule has 1 aliphatic heterocycles. The lowest BCUT2D eigenvalue weighted by Crippen LogP contribution is -2.58. The zero-order chi connectivity index (χ0) is 17.2. The first kappa shape index (κ1) is 17.5. The highest BCUT2D eigenvalue weighted by Gasteiger charge is 2.34. The lowest BCUT2D eigenvalue weighted by molar-refractivity contribution is -0.138.